The Bertz CT molecular complexity index is 303. The van der Waals surface area contributed by atoms with Gasteiger partial charge in [-0.3, -0.25) is 0 Å². The molecule has 1 rings (SSSR count). The highest BCUT2D eigenvalue weighted by Crippen LogP contribution is 1.96. The van der Waals surface area contributed by atoms with Crippen LogP contribution in [0.4, 0.5) is 0 Å². The quantitative estimate of drug-likeness (QED) is 0.578. The van der Waals surface area contributed by atoms with E-state index in [0.717, 1.165) is 5.56 Å². The molecule has 0 unspecified atom stereocenters. The van der Waals surface area contributed by atoms with Gasteiger partial charge in [-0.1, -0.05) is 12.0 Å². The lowest BCUT2D eigenvalue weighted by Crippen LogP contribution is -1.93. The van der Waals surface area contributed by atoms with Crippen LogP contribution in [0, 0.1) is 18.8 Å². The maximum Gasteiger partial charge on any atom is 0.113 e. The predicted octanol–water partition coefficient (Wildman–Crippen LogP) is 1.12. The molecule has 12 heavy (non-hydrogen) atoms. The van der Waals surface area contributed by atoms with Gasteiger partial charge in [0.1, 0.15) is 11.8 Å². The summed E-state index contributed by atoms with van der Waals surface area (Å²) in [5, 5.41) is 8.87. The van der Waals surface area contributed by atoms with Gasteiger partial charge >= 0.3 is 0 Å². The Hall–Kier alpha value is -1.33. The Morgan fingerprint density at radius 2 is 2.25 bits per heavy atom. The van der Waals surface area contributed by atoms with Gasteiger partial charge in [-0.2, -0.15) is 0 Å². The molecule has 0 aromatic carbocycles. The maximum atomic E-state index is 8.87. The number of aliphatic hydroxyl groups is 1. The SMILES string of the molecule is Cc1ccc(C#C[C@H](C)O)nc1. The fraction of sp³-hybridized carbons (Fsp3) is 0.300. The minimum atomic E-state index is -0.590. The Balaban J connectivity index is 2.79. The van der Waals surface area contributed by atoms with Gasteiger partial charge in [-0.05, 0) is 31.4 Å². The second-order valence-electron chi connectivity index (χ2n) is 2.67. The van der Waals surface area contributed by atoms with E-state index in [4.69, 9.17) is 5.11 Å². The Morgan fingerprint density at radius 1 is 1.50 bits per heavy atom. The third-order valence-corrected chi connectivity index (χ3v) is 1.32. The zero-order chi connectivity index (χ0) is 8.97. The molecule has 2 nitrogen and oxygen atoms in total. The molecule has 0 radical (unpaired) electrons. The molecule has 0 aliphatic heterocycles. The lowest BCUT2D eigenvalue weighted by molar-refractivity contribution is 0.253. The first-order chi connectivity index (χ1) is 5.68. The molecule has 1 aromatic rings. The van der Waals surface area contributed by atoms with Crippen molar-refractivity contribution in [1.82, 2.24) is 4.98 Å². The molecule has 2 heteroatoms. The van der Waals surface area contributed by atoms with Gasteiger partial charge in [-0.25, -0.2) is 4.98 Å². The molecule has 62 valence electrons. The molecule has 0 aliphatic carbocycles. The molecule has 0 bridgehead atoms. The molecule has 1 aromatic heterocycles. The first kappa shape index (κ1) is 8.76. The first-order valence-electron chi connectivity index (χ1n) is 3.81. The maximum absolute atomic E-state index is 8.87. The van der Waals surface area contributed by atoms with Crippen LogP contribution in [0.5, 0.6) is 0 Å². The van der Waals surface area contributed by atoms with E-state index in [1.807, 2.05) is 19.1 Å². The van der Waals surface area contributed by atoms with Crippen LogP contribution >= 0.6 is 0 Å². The summed E-state index contributed by atoms with van der Waals surface area (Å²) in [6.45, 7) is 3.60. The number of aryl methyl sites for hydroxylation is 1. The highest BCUT2D eigenvalue weighted by molar-refractivity contribution is 5.29. The molecule has 1 atom stereocenters. The topological polar surface area (TPSA) is 33.1 Å². The number of rotatable bonds is 0. The van der Waals surface area contributed by atoms with E-state index in [2.05, 4.69) is 16.8 Å². The minimum absolute atomic E-state index is 0.590. The fourth-order valence-electron chi connectivity index (χ4n) is 0.720. The van der Waals surface area contributed by atoms with E-state index < -0.39 is 6.10 Å². The molecule has 0 saturated heterocycles. The average molecular weight is 161 g/mol. The summed E-state index contributed by atoms with van der Waals surface area (Å²) in [5.41, 5.74) is 1.80. The molecule has 0 fully saturated rings. The van der Waals surface area contributed by atoms with Gasteiger partial charge in [-0.15, -0.1) is 0 Å². The molecular weight excluding hydrogens is 150 g/mol. The molecule has 0 aliphatic rings. The van der Waals surface area contributed by atoms with Crippen LogP contribution in [0.3, 0.4) is 0 Å². The van der Waals surface area contributed by atoms with Gasteiger partial charge in [0.25, 0.3) is 0 Å². The average Bonchev–Trinajstić information content (AvgIpc) is 2.03. The zero-order valence-corrected chi connectivity index (χ0v) is 7.20. The van der Waals surface area contributed by atoms with E-state index in [-0.39, 0.29) is 0 Å². The molecule has 1 N–H and O–H groups in total. The van der Waals surface area contributed by atoms with Crippen LogP contribution in [0.1, 0.15) is 18.2 Å². The normalized spacial score (nSPS) is 11.6. The van der Waals surface area contributed by atoms with Gasteiger partial charge in [0, 0.05) is 6.20 Å². The van der Waals surface area contributed by atoms with E-state index in [1.165, 1.54) is 0 Å². The fourth-order valence-corrected chi connectivity index (χ4v) is 0.720. The number of pyridine rings is 1. The van der Waals surface area contributed by atoms with Crippen molar-refractivity contribution in [3.63, 3.8) is 0 Å². The number of aromatic nitrogens is 1. The monoisotopic (exact) mass is 161 g/mol. The zero-order valence-electron chi connectivity index (χ0n) is 7.20. The van der Waals surface area contributed by atoms with E-state index in [0.29, 0.717) is 5.69 Å². The predicted molar refractivity (Wildman–Crippen MR) is 47.5 cm³/mol. The van der Waals surface area contributed by atoms with Crippen molar-refractivity contribution in [2.75, 3.05) is 0 Å². The van der Waals surface area contributed by atoms with Crippen molar-refractivity contribution < 1.29 is 5.11 Å². The van der Waals surface area contributed by atoms with Crippen molar-refractivity contribution in [1.29, 1.82) is 0 Å². The smallest absolute Gasteiger partial charge is 0.113 e. The Kier molecular flexibility index (Phi) is 2.84. The van der Waals surface area contributed by atoms with Crippen LogP contribution in [0.2, 0.25) is 0 Å². The highest BCUT2D eigenvalue weighted by atomic mass is 16.3. The summed E-state index contributed by atoms with van der Waals surface area (Å²) in [4.78, 5) is 4.07. The lowest BCUT2D eigenvalue weighted by Gasteiger charge is -1.91. The number of aliphatic hydroxyl groups excluding tert-OH is 1. The molecular formula is C10H11NO. The van der Waals surface area contributed by atoms with E-state index in [1.54, 1.807) is 13.1 Å². The summed E-state index contributed by atoms with van der Waals surface area (Å²) in [7, 11) is 0. The summed E-state index contributed by atoms with van der Waals surface area (Å²) < 4.78 is 0. The van der Waals surface area contributed by atoms with Gasteiger partial charge in [0.2, 0.25) is 0 Å². The number of hydrogen-bond donors (Lipinski definition) is 1. The number of nitrogens with zero attached hydrogens (tertiary/aromatic N) is 1. The van der Waals surface area contributed by atoms with Crippen molar-refractivity contribution in [3.8, 4) is 11.8 Å². The van der Waals surface area contributed by atoms with Crippen LogP contribution in [0.25, 0.3) is 0 Å². The van der Waals surface area contributed by atoms with Gasteiger partial charge in [0.15, 0.2) is 0 Å². The van der Waals surface area contributed by atoms with Crippen LogP contribution < -0.4 is 0 Å². The van der Waals surface area contributed by atoms with Crippen molar-refractivity contribution in [3.05, 3.63) is 29.6 Å². The summed E-state index contributed by atoms with van der Waals surface area (Å²) in [5.74, 6) is 5.38. The van der Waals surface area contributed by atoms with Crippen molar-refractivity contribution in [2.45, 2.75) is 20.0 Å². The lowest BCUT2D eigenvalue weighted by atomic mass is 10.2. The van der Waals surface area contributed by atoms with Crippen LogP contribution in [-0.4, -0.2) is 16.2 Å². The Labute approximate surface area is 72.3 Å². The molecule has 0 amide bonds. The van der Waals surface area contributed by atoms with E-state index in [9.17, 15) is 0 Å². The molecule has 1 heterocycles. The molecule has 0 spiro atoms. The van der Waals surface area contributed by atoms with Crippen LogP contribution in [0.15, 0.2) is 18.3 Å². The van der Waals surface area contributed by atoms with Crippen molar-refractivity contribution in [2.24, 2.45) is 0 Å². The Morgan fingerprint density at radius 3 is 2.75 bits per heavy atom. The minimum Gasteiger partial charge on any atom is -0.381 e. The van der Waals surface area contributed by atoms with Gasteiger partial charge in [0.05, 0.1) is 0 Å². The van der Waals surface area contributed by atoms with Crippen molar-refractivity contribution >= 4 is 0 Å². The standard InChI is InChI=1S/C10H11NO/c1-8-3-5-10(11-7-8)6-4-9(2)12/h3,5,7,9,12H,1-2H3/t9-/m0/s1. The molecule has 0 saturated carbocycles. The summed E-state index contributed by atoms with van der Waals surface area (Å²) in [6.07, 6.45) is 1.17. The second-order valence-corrected chi connectivity index (χ2v) is 2.67. The second kappa shape index (κ2) is 3.89. The number of hydrogen-bond acceptors (Lipinski definition) is 2. The first-order valence-corrected chi connectivity index (χ1v) is 3.81. The third-order valence-electron chi connectivity index (χ3n) is 1.32. The highest BCUT2D eigenvalue weighted by Gasteiger charge is 1.88. The summed E-state index contributed by atoms with van der Waals surface area (Å²) >= 11 is 0. The van der Waals surface area contributed by atoms with Gasteiger partial charge < -0.3 is 5.11 Å². The van der Waals surface area contributed by atoms with E-state index >= 15 is 0 Å². The van der Waals surface area contributed by atoms with Crippen LogP contribution in [-0.2, 0) is 0 Å². The largest absolute Gasteiger partial charge is 0.381 e. The summed E-state index contributed by atoms with van der Waals surface area (Å²) in [6, 6.07) is 3.78. The third kappa shape index (κ3) is 2.73.